The minimum Gasteiger partial charge on any atom is -0.314 e. The van der Waals surface area contributed by atoms with Crippen LogP contribution < -0.4 is 5.32 Å². The summed E-state index contributed by atoms with van der Waals surface area (Å²) in [6.45, 7) is 2.24. The summed E-state index contributed by atoms with van der Waals surface area (Å²) in [4.78, 5) is 1.99. The zero-order chi connectivity index (χ0) is 13.3. The smallest absolute Gasteiger partial charge is 0.285 e. The van der Waals surface area contributed by atoms with Gasteiger partial charge in [-0.3, -0.25) is 4.90 Å². The Kier molecular flexibility index (Phi) is 3.54. The van der Waals surface area contributed by atoms with Crippen LogP contribution in [-0.4, -0.2) is 37.1 Å². The van der Waals surface area contributed by atoms with E-state index in [0.717, 1.165) is 19.6 Å². The molecule has 4 heteroatoms. The fraction of sp³-hybridized carbons (Fsp3) is 0.600. The van der Waals surface area contributed by atoms with Gasteiger partial charge in [-0.05, 0) is 18.8 Å². The zero-order valence-electron chi connectivity index (χ0n) is 11.0. The maximum Gasteiger partial charge on any atom is 0.285 e. The molecule has 1 heterocycles. The van der Waals surface area contributed by atoms with Crippen LogP contribution in [0, 0.1) is 5.92 Å². The van der Waals surface area contributed by atoms with Gasteiger partial charge in [0.15, 0.2) is 0 Å². The normalized spacial score (nSPS) is 25.5. The molecule has 0 spiro atoms. The monoisotopic (exact) mass is 266 g/mol. The van der Waals surface area contributed by atoms with E-state index < -0.39 is 5.92 Å². The average molecular weight is 266 g/mol. The first-order chi connectivity index (χ1) is 9.17. The highest BCUT2D eigenvalue weighted by molar-refractivity contribution is 5.20. The van der Waals surface area contributed by atoms with Crippen LogP contribution in [0.5, 0.6) is 0 Å². The number of benzene rings is 1. The third-order valence-corrected chi connectivity index (χ3v) is 4.16. The lowest BCUT2D eigenvalue weighted by molar-refractivity contribution is -0.0544. The SMILES string of the molecule is FC(F)(CN1CCNCC1C1CC1)c1ccccc1. The molecular formula is C15H20F2N2. The zero-order valence-corrected chi connectivity index (χ0v) is 11.0. The summed E-state index contributed by atoms with van der Waals surface area (Å²) in [5, 5.41) is 3.33. The molecule has 1 aromatic rings. The second kappa shape index (κ2) is 5.17. The van der Waals surface area contributed by atoms with Crippen molar-refractivity contribution in [3.8, 4) is 0 Å². The van der Waals surface area contributed by atoms with E-state index in [1.54, 1.807) is 18.2 Å². The van der Waals surface area contributed by atoms with Crippen molar-refractivity contribution in [2.75, 3.05) is 26.2 Å². The molecule has 2 fully saturated rings. The van der Waals surface area contributed by atoms with Crippen molar-refractivity contribution in [1.29, 1.82) is 0 Å². The number of halogens is 2. The van der Waals surface area contributed by atoms with Gasteiger partial charge in [-0.25, -0.2) is 0 Å². The number of piperazine rings is 1. The highest BCUT2D eigenvalue weighted by Crippen LogP contribution is 2.38. The van der Waals surface area contributed by atoms with E-state index in [1.165, 1.54) is 25.0 Å². The molecule has 2 aliphatic rings. The Bertz CT molecular complexity index is 417. The van der Waals surface area contributed by atoms with Crippen LogP contribution >= 0.6 is 0 Å². The molecule has 1 saturated heterocycles. The van der Waals surface area contributed by atoms with E-state index in [-0.39, 0.29) is 12.1 Å². The molecule has 2 nitrogen and oxygen atoms in total. The van der Waals surface area contributed by atoms with Gasteiger partial charge < -0.3 is 5.32 Å². The Hall–Kier alpha value is -1.00. The highest BCUT2D eigenvalue weighted by atomic mass is 19.3. The van der Waals surface area contributed by atoms with Gasteiger partial charge in [0.25, 0.3) is 5.92 Å². The van der Waals surface area contributed by atoms with Crippen molar-refractivity contribution in [3.63, 3.8) is 0 Å². The Morgan fingerprint density at radius 3 is 2.63 bits per heavy atom. The Labute approximate surface area is 112 Å². The predicted molar refractivity (Wildman–Crippen MR) is 71.3 cm³/mol. The van der Waals surface area contributed by atoms with Gasteiger partial charge in [-0.15, -0.1) is 0 Å². The van der Waals surface area contributed by atoms with Crippen molar-refractivity contribution >= 4 is 0 Å². The molecule has 1 aliphatic carbocycles. The third kappa shape index (κ3) is 2.95. The minimum atomic E-state index is -2.76. The second-order valence-corrected chi connectivity index (χ2v) is 5.65. The molecule has 1 unspecified atom stereocenters. The fourth-order valence-electron chi connectivity index (χ4n) is 2.94. The van der Waals surface area contributed by atoms with Crippen molar-refractivity contribution in [3.05, 3.63) is 35.9 Å². The van der Waals surface area contributed by atoms with Crippen LogP contribution in [0.25, 0.3) is 0 Å². The largest absolute Gasteiger partial charge is 0.314 e. The van der Waals surface area contributed by atoms with Gasteiger partial charge in [0.1, 0.15) is 0 Å². The molecule has 104 valence electrons. The van der Waals surface area contributed by atoms with Crippen LogP contribution in [-0.2, 0) is 5.92 Å². The topological polar surface area (TPSA) is 15.3 Å². The van der Waals surface area contributed by atoms with E-state index in [0.29, 0.717) is 12.0 Å². The lowest BCUT2D eigenvalue weighted by Gasteiger charge is -2.38. The molecule has 0 radical (unpaired) electrons. The lowest BCUT2D eigenvalue weighted by atomic mass is 10.0. The molecule has 1 saturated carbocycles. The van der Waals surface area contributed by atoms with E-state index in [1.807, 2.05) is 4.90 Å². The first-order valence-electron chi connectivity index (χ1n) is 7.05. The maximum absolute atomic E-state index is 14.3. The first-order valence-corrected chi connectivity index (χ1v) is 7.05. The van der Waals surface area contributed by atoms with Gasteiger partial charge in [-0.2, -0.15) is 8.78 Å². The van der Waals surface area contributed by atoms with Crippen LogP contribution in [0.3, 0.4) is 0 Å². The van der Waals surface area contributed by atoms with E-state index in [2.05, 4.69) is 5.32 Å². The summed E-state index contributed by atoms with van der Waals surface area (Å²) in [6.07, 6.45) is 2.39. The fourth-order valence-corrected chi connectivity index (χ4v) is 2.94. The molecule has 3 rings (SSSR count). The molecule has 19 heavy (non-hydrogen) atoms. The van der Waals surface area contributed by atoms with Crippen LogP contribution in [0.1, 0.15) is 18.4 Å². The number of nitrogens with zero attached hydrogens (tertiary/aromatic N) is 1. The lowest BCUT2D eigenvalue weighted by Crippen LogP contribution is -2.54. The Morgan fingerprint density at radius 2 is 1.95 bits per heavy atom. The summed E-state index contributed by atoms with van der Waals surface area (Å²) >= 11 is 0. The van der Waals surface area contributed by atoms with E-state index in [4.69, 9.17) is 0 Å². The number of nitrogens with one attached hydrogen (secondary N) is 1. The van der Waals surface area contributed by atoms with E-state index >= 15 is 0 Å². The first kappa shape index (κ1) is 13.0. The molecule has 1 aromatic carbocycles. The number of hydrogen-bond acceptors (Lipinski definition) is 2. The van der Waals surface area contributed by atoms with Crippen LogP contribution in [0.4, 0.5) is 8.78 Å². The molecule has 0 aromatic heterocycles. The summed E-state index contributed by atoms with van der Waals surface area (Å²) < 4.78 is 28.7. The number of hydrogen-bond donors (Lipinski definition) is 1. The molecule has 1 N–H and O–H groups in total. The van der Waals surface area contributed by atoms with Gasteiger partial charge in [-0.1, -0.05) is 30.3 Å². The molecule has 1 aliphatic heterocycles. The minimum absolute atomic E-state index is 0.128. The van der Waals surface area contributed by atoms with Crippen molar-refractivity contribution < 1.29 is 8.78 Å². The molecular weight excluding hydrogens is 246 g/mol. The maximum atomic E-state index is 14.3. The van der Waals surface area contributed by atoms with Crippen molar-refractivity contribution in [1.82, 2.24) is 10.2 Å². The second-order valence-electron chi connectivity index (χ2n) is 5.65. The molecule has 0 bridgehead atoms. The van der Waals surface area contributed by atoms with E-state index in [9.17, 15) is 8.78 Å². The van der Waals surface area contributed by atoms with Crippen LogP contribution in [0.2, 0.25) is 0 Å². The number of rotatable bonds is 4. The van der Waals surface area contributed by atoms with Gasteiger partial charge in [0.2, 0.25) is 0 Å². The average Bonchev–Trinajstić information content (AvgIpc) is 3.24. The highest BCUT2D eigenvalue weighted by Gasteiger charge is 2.41. The third-order valence-electron chi connectivity index (χ3n) is 4.16. The number of alkyl halides is 2. The summed E-state index contributed by atoms with van der Waals surface area (Å²) in [5.41, 5.74) is 0.128. The Balaban J connectivity index is 1.71. The van der Waals surface area contributed by atoms with Gasteiger partial charge >= 0.3 is 0 Å². The molecule has 0 amide bonds. The summed E-state index contributed by atoms with van der Waals surface area (Å²) in [5.74, 6) is -2.13. The summed E-state index contributed by atoms with van der Waals surface area (Å²) in [7, 11) is 0. The predicted octanol–water partition coefficient (Wildman–Crippen LogP) is 2.46. The Morgan fingerprint density at radius 1 is 1.21 bits per heavy atom. The van der Waals surface area contributed by atoms with Gasteiger partial charge in [0, 0.05) is 31.2 Å². The van der Waals surface area contributed by atoms with Crippen molar-refractivity contribution in [2.45, 2.75) is 24.8 Å². The quantitative estimate of drug-likeness (QED) is 0.900. The standard InChI is InChI=1S/C15H20F2N2/c16-15(17,13-4-2-1-3-5-13)11-19-9-8-18-10-14(19)12-6-7-12/h1-5,12,14,18H,6-11H2. The summed E-state index contributed by atoms with van der Waals surface area (Å²) in [6, 6.07) is 8.47. The van der Waals surface area contributed by atoms with Gasteiger partial charge in [0.05, 0.1) is 6.54 Å². The molecule has 1 atom stereocenters. The van der Waals surface area contributed by atoms with Crippen molar-refractivity contribution in [2.24, 2.45) is 5.92 Å². The van der Waals surface area contributed by atoms with Crippen LogP contribution in [0.15, 0.2) is 30.3 Å².